The Bertz CT molecular complexity index is 510. The molecule has 0 bridgehead atoms. The average molecular weight is 300 g/mol. The van der Waals surface area contributed by atoms with E-state index in [1.807, 2.05) is 0 Å². The first kappa shape index (κ1) is 16.0. The summed E-state index contributed by atoms with van der Waals surface area (Å²) in [6.45, 7) is 11.7. The average Bonchev–Trinajstić information content (AvgIpc) is 2.96. The standard InChI is InChI=1S/C21H32O/c1-15-10-11-19-20(2,3)12-7-13-21(19,4)17(15)14-18(22)16-8-5-6-9-16/h8,17,19H,1,5-7,9-14H2,2-4H3/t17-,19-,21+/m0/s1. The van der Waals surface area contributed by atoms with Gasteiger partial charge in [0, 0.05) is 6.42 Å². The van der Waals surface area contributed by atoms with Gasteiger partial charge in [0.2, 0.25) is 0 Å². The van der Waals surface area contributed by atoms with Crippen LogP contribution < -0.4 is 0 Å². The molecule has 22 heavy (non-hydrogen) atoms. The summed E-state index contributed by atoms with van der Waals surface area (Å²) in [5, 5.41) is 0. The van der Waals surface area contributed by atoms with E-state index >= 15 is 0 Å². The van der Waals surface area contributed by atoms with Gasteiger partial charge in [-0.3, -0.25) is 4.79 Å². The third kappa shape index (κ3) is 2.61. The van der Waals surface area contributed by atoms with E-state index in [9.17, 15) is 4.79 Å². The zero-order chi connectivity index (χ0) is 16.0. The molecule has 1 heteroatoms. The molecular weight excluding hydrogens is 268 g/mol. The molecule has 2 saturated carbocycles. The molecule has 0 aromatic carbocycles. The van der Waals surface area contributed by atoms with Gasteiger partial charge < -0.3 is 0 Å². The first-order valence-electron chi connectivity index (χ1n) is 9.24. The van der Waals surface area contributed by atoms with Crippen molar-refractivity contribution in [2.24, 2.45) is 22.7 Å². The van der Waals surface area contributed by atoms with Crippen molar-refractivity contribution in [1.82, 2.24) is 0 Å². The van der Waals surface area contributed by atoms with Crippen molar-refractivity contribution in [3.05, 3.63) is 23.8 Å². The maximum Gasteiger partial charge on any atom is 0.159 e. The van der Waals surface area contributed by atoms with Crippen LogP contribution in [0, 0.1) is 22.7 Å². The van der Waals surface area contributed by atoms with Gasteiger partial charge in [0.1, 0.15) is 0 Å². The molecule has 122 valence electrons. The third-order valence-electron chi connectivity index (χ3n) is 7.11. The molecule has 3 aliphatic rings. The number of carbonyl (C=O) groups is 1. The monoisotopic (exact) mass is 300 g/mol. The van der Waals surface area contributed by atoms with E-state index < -0.39 is 0 Å². The summed E-state index contributed by atoms with van der Waals surface area (Å²) >= 11 is 0. The number of allylic oxidation sites excluding steroid dienone is 3. The zero-order valence-electron chi connectivity index (χ0n) is 14.7. The van der Waals surface area contributed by atoms with Gasteiger partial charge in [-0.05, 0) is 73.2 Å². The van der Waals surface area contributed by atoms with Gasteiger partial charge in [0.05, 0.1) is 0 Å². The number of hydrogen-bond donors (Lipinski definition) is 0. The lowest BCUT2D eigenvalue weighted by Crippen LogP contribution is -2.49. The normalized spacial score (nSPS) is 37.6. The lowest BCUT2D eigenvalue weighted by Gasteiger charge is -2.58. The Morgan fingerprint density at radius 2 is 2.00 bits per heavy atom. The van der Waals surface area contributed by atoms with E-state index in [1.165, 1.54) is 37.7 Å². The van der Waals surface area contributed by atoms with E-state index in [1.54, 1.807) is 0 Å². The molecule has 2 fully saturated rings. The molecule has 3 rings (SSSR count). The Hall–Kier alpha value is -0.850. The minimum Gasteiger partial charge on any atom is -0.295 e. The molecule has 0 saturated heterocycles. The molecule has 0 aromatic heterocycles. The van der Waals surface area contributed by atoms with E-state index in [2.05, 4.69) is 33.4 Å². The molecule has 3 atom stereocenters. The first-order chi connectivity index (χ1) is 10.3. The molecule has 0 amide bonds. The fourth-order valence-corrected chi connectivity index (χ4v) is 5.89. The summed E-state index contributed by atoms with van der Waals surface area (Å²) in [5.74, 6) is 1.56. The van der Waals surface area contributed by atoms with Crippen LogP contribution in [0.25, 0.3) is 0 Å². The lowest BCUT2D eigenvalue weighted by atomic mass is 9.47. The van der Waals surface area contributed by atoms with Gasteiger partial charge in [-0.2, -0.15) is 0 Å². The third-order valence-corrected chi connectivity index (χ3v) is 7.11. The van der Waals surface area contributed by atoms with E-state index in [0.717, 1.165) is 30.8 Å². The lowest BCUT2D eigenvalue weighted by molar-refractivity contribution is -0.120. The zero-order valence-corrected chi connectivity index (χ0v) is 14.7. The van der Waals surface area contributed by atoms with Crippen molar-refractivity contribution < 1.29 is 4.79 Å². The van der Waals surface area contributed by atoms with Crippen LogP contribution >= 0.6 is 0 Å². The highest BCUT2D eigenvalue weighted by Crippen LogP contribution is 2.61. The van der Waals surface area contributed by atoms with Crippen LogP contribution in [0.5, 0.6) is 0 Å². The topological polar surface area (TPSA) is 17.1 Å². The molecule has 0 unspecified atom stereocenters. The fraction of sp³-hybridized carbons (Fsp3) is 0.762. The quantitative estimate of drug-likeness (QED) is 0.597. The molecule has 3 aliphatic carbocycles. The highest BCUT2D eigenvalue weighted by Gasteiger charge is 2.53. The smallest absolute Gasteiger partial charge is 0.159 e. The largest absolute Gasteiger partial charge is 0.295 e. The van der Waals surface area contributed by atoms with Crippen molar-refractivity contribution in [1.29, 1.82) is 0 Å². The van der Waals surface area contributed by atoms with Crippen molar-refractivity contribution >= 4 is 5.78 Å². The maximum absolute atomic E-state index is 12.7. The second-order valence-corrected chi connectivity index (χ2v) is 8.90. The van der Waals surface area contributed by atoms with E-state index in [0.29, 0.717) is 23.5 Å². The fourth-order valence-electron chi connectivity index (χ4n) is 5.89. The van der Waals surface area contributed by atoms with Crippen molar-refractivity contribution in [2.45, 2.75) is 78.6 Å². The van der Waals surface area contributed by atoms with Gasteiger partial charge >= 0.3 is 0 Å². The molecule has 0 spiro atoms. The number of Topliss-reactive ketones (excluding diaryl/α,β-unsaturated/α-hetero) is 1. The number of ketones is 1. The van der Waals surface area contributed by atoms with E-state index in [4.69, 9.17) is 0 Å². The number of carbonyl (C=O) groups excluding carboxylic acids is 1. The highest BCUT2D eigenvalue weighted by molar-refractivity contribution is 5.96. The van der Waals surface area contributed by atoms with Crippen LogP contribution in [-0.4, -0.2) is 5.78 Å². The minimum atomic E-state index is 0.284. The maximum atomic E-state index is 12.7. The molecule has 0 radical (unpaired) electrons. The second-order valence-electron chi connectivity index (χ2n) is 8.90. The summed E-state index contributed by atoms with van der Waals surface area (Å²) in [4.78, 5) is 12.7. The Morgan fingerprint density at radius 3 is 2.68 bits per heavy atom. The van der Waals surface area contributed by atoms with Crippen LogP contribution in [0.4, 0.5) is 0 Å². The Balaban J connectivity index is 1.84. The number of fused-ring (bicyclic) bond motifs is 1. The van der Waals surface area contributed by atoms with Crippen LogP contribution in [0.3, 0.4) is 0 Å². The molecule has 0 aromatic rings. The molecule has 0 heterocycles. The van der Waals surface area contributed by atoms with Gasteiger partial charge in [-0.25, -0.2) is 0 Å². The summed E-state index contributed by atoms with van der Waals surface area (Å²) in [6.07, 6.45) is 12.5. The molecule has 0 aliphatic heterocycles. The summed E-state index contributed by atoms with van der Waals surface area (Å²) in [6, 6.07) is 0. The van der Waals surface area contributed by atoms with Crippen LogP contribution in [0.1, 0.15) is 78.6 Å². The Morgan fingerprint density at radius 1 is 1.23 bits per heavy atom. The SMILES string of the molecule is C=C1CC[C@H]2C(C)(C)CCC[C@]2(C)[C@H]1CC(=O)C1=CCCC1. The molecule has 0 N–H and O–H groups in total. The highest BCUT2D eigenvalue weighted by atomic mass is 16.1. The molecule has 1 nitrogen and oxygen atoms in total. The van der Waals surface area contributed by atoms with Crippen molar-refractivity contribution in [3.8, 4) is 0 Å². The van der Waals surface area contributed by atoms with Gasteiger partial charge in [0.15, 0.2) is 5.78 Å². The van der Waals surface area contributed by atoms with Crippen molar-refractivity contribution in [3.63, 3.8) is 0 Å². The second kappa shape index (κ2) is 5.65. The Labute approximate surface area is 136 Å². The van der Waals surface area contributed by atoms with Crippen molar-refractivity contribution in [2.75, 3.05) is 0 Å². The predicted octanol–water partition coefficient (Wildman–Crippen LogP) is 5.85. The number of rotatable bonds is 3. The van der Waals surface area contributed by atoms with Gasteiger partial charge in [-0.15, -0.1) is 0 Å². The summed E-state index contributed by atoms with van der Waals surface area (Å²) in [7, 11) is 0. The van der Waals surface area contributed by atoms with Gasteiger partial charge in [0.25, 0.3) is 0 Å². The van der Waals surface area contributed by atoms with Crippen LogP contribution in [0.15, 0.2) is 23.8 Å². The summed E-state index contributed by atoms with van der Waals surface area (Å²) < 4.78 is 0. The molecular formula is C21H32O. The minimum absolute atomic E-state index is 0.284. The van der Waals surface area contributed by atoms with E-state index in [-0.39, 0.29) is 5.41 Å². The number of hydrogen-bond acceptors (Lipinski definition) is 1. The van der Waals surface area contributed by atoms with Gasteiger partial charge in [-0.1, -0.05) is 45.4 Å². The van der Waals surface area contributed by atoms with Crippen LogP contribution in [-0.2, 0) is 4.79 Å². The predicted molar refractivity (Wildman–Crippen MR) is 92.7 cm³/mol. The Kier molecular flexibility index (Phi) is 4.12. The van der Waals surface area contributed by atoms with Crippen LogP contribution in [0.2, 0.25) is 0 Å². The summed E-state index contributed by atoms with van der Waals surface area (Å²) in [5.41, 5.74) is 3.16. The first-order valence-corrected chi connectivity index (χ1v) is 9.24.